The molecule has 0 saturated heterocycles. The standard InChI is InChI=1S/C17H27NO5S/c1-18(2,12-6-7-14-24(20,21)22)13-8-11-17(19)23-15-16-9-4-3-5-10-16/h3-5,9-10H,6-8,11-15H2,1-2H3. The summed E-state index contributed by atoms with van der Waals surface area (Å²) in [6.45, 7) is 1.86. The number of benzene rings is 1. The van der Waals surface area contributed by atoms with Gasteiger partial charge in [-0.25, -0.2) is 8.42 Å². The third-order valence-electron chi connectivity index (χ3n) is 3.79. The zero-order valence-electron chi connectivity index (χ0n) is 14.4. The second-order valence-electron chi connectivity index (χ2n) is 6.60. The number of ether oxygens (including phenoxy) is 1. The lowest BCUT2D eigenvalue weighted by Gasteiger charge is -2.29. The summed E-state index contributed by atoms with van der Waals surface area (Å²) in [5, 5.41) is 0. The first-order valence-corrected chi connectivity index (χ1v) is 9.71. The van der Waals surface area contributed by atoms with Crippen molar-refractivity contribution in [2.75, 3.05) is 32.9 Å². The highest BCUT2D eigenvalue weighted by molar-refractivity contribution is 7.85. The molecule has 0 fully saturated rings. The summed E-state index contributed by atoms with van der Waals surface area (Å²) in [4.78, 5) is 11.7. The molecule has 1 rings (SSSR count). The molecule has 1 aromatic rings. The van der Waals surface area contributed by atoms with E-state index in [9.17, 15) is 17.8 Å². The fourth-order valence-corrected chi connectivity index (χ4v) is 2.95. The van der Waals surface area contributed by atoms with Crippen molar-refractivity contribution < 1.29 is 27.0 Å². The van der Waals surface area contributed by atoms with Gasteiger partial charge >= 0.3 is 5.97 Å². The number of nitrogens with zero attached hydrogens (tertiary/aromatic N) is 1. The lowest BCUT2D eigenvalue weighted by Crippen LogP contribution is -2.41. The molecule has 1 aromatic carbocycles. The van der Waals surface area contributed by atoms with Crippen molar-refractivity contribution in [3.8, 4) is 0 Å². The fraction of sp³-hybridized carbons (Fsp3) is 0.588. The third-order valence-corrected chi connectivity index (χ3v) is 4.58. The highest BCUT2D eigenvalue weighted by Gasteiger charge is 2.15. The van der Waals surface area contributed by atoms with E-state index in [0.717, 1.165) is 18.7 Å². The molecule has 0 aliphatic carbocycles. The van der Waals surface area contributed by atoms with Crippen LogP contribution in [0.1, 0.15) is 31.2 Å². The van der Waals surface area contributed by atoms with Gasteiger partial charge in [-0.3, -0.25) is 4.79 Å². The monoisotopic (exact) mass is 357 g/mol. The molecule has 0 aliphatic heterocycles. The predicted octanol–water partition coefficient (Wildman–Crippen LogP) is 1.91. The van der Waals surface area contributed by atoms with Crippen molar-refractivity contribution >= 4 is 16.1 Å². The zero-order chi connectivity index (χ0) is 18.1. The van der Waals surface area contributed by atoms with Gasteiger partial charge in [-0.15, -0.1) is 0 Å². The highest BCUT2D eigenvalue weighted by Crippen LogP contribution is 2.08. The summed E-state index contributed by atoms with van der Waals surface area (Å²) in [7, 11) is -0.0599. The molecule has 0 spiro atoms. The Hall–Kier alpha value is -1.44. The molecule has 0 aromatic heterocycles. The van der Waals surface area contributed by atoms with Gasteiger partial charge in [-0.2, -0.15) is 0 Å². The number of quaternary nitrogens is 1. The van der Waals surface area contributed by atoms with E-state index in [1.807, 2.05) is 44.4 Å². The van der Waals surface area contributed by atoms with Crippen molar-refractivity contribution in [2.24, 2.45) is 0 Å². The second-order valence-corrected chi connectivity index (χ2v) is 8.13. The Morgan fingerprint density at radius 2 is 1.71 bits per heavy atom. The van der Waals surface area contributed by atoms with E-state index < -0.39 is 10.1 Å². The normalized spacial score (nSPS) is 12.1. The minimum Gasteiger partial charge on any atom is -0.748 e. The third kappa shape index (κ3) is 10.4. The summed E-state index contributed by atoms with van der Waals surface area (Å²) in [5.41, 5.74) is 0.968. The Morgan fingerprint density at radius 1 is 1.08 bits per heavy atom. The van der Waals surface area contributed by atoms with E-state index in [4.69, 9.17) is 4.74 Å². The van der Waals surface area contributed by atoms with Crippen LogP contribution in [0, 0.1) is 0 Å². The Labute approximate surface area is 144 Å². The largest absolute Gasteiger partial charge is 0.748 e. The molecule has 0 aliphatic rings. The summed E-state index contributed by atoms with van der Waals surface area (Å²) < 4.78 is 37.6. The van der Waals surface area contributed by atoms with E-state index in [2.05, 4.69) is 0 Å². The van der Waals surface area contributed by atoms with Gasteiger partial charge < -0.3 is 13.8 Å². The summed E-state index contributed by atoms with van der Waals surface area (Å²) >= 11 is 0. The summed E-state index contributed by atoms with van der Waals surface area (Å²) in [6.07, 6.45) is 2.13. The average Bonchev–Trinajstić information content (AvgIpc) is 2.50. The van der Waals surface area contributed by atoms with Crippen molar-refractivity contribution in [2.45, 2.75) is 32.3 Å². The van der Waals surface area contributed by atoms with E-state index in [1.54, 1.807) is 0 Å². The van der Waals surface area contributed by atoms with Gasteiger partial charge in [0.1, 0.15) is 6.61 Å². The van der Waals surface area contributed by atoms with Crippen molar-refractivity contribution in [1.29, 1.82) is 0 Å². The molecule has 0 amide bonds. The maximum Gasteiger partial charge on any atom is 0.306 e. The van der Waals surface area contributed by atoms with Crippen LogP contribution in [0.2, 0.25) is 0 Å². The molecule has 0 N–H and O–H groups in total. The van der Waals surface area contributed by atoms with Gasteiger partial charge in [0.15, 0.2) is 0 Å². The molecule has 0 bridgehead atoms. The first kappa shape index (κ1) is 20.6. The smallest absolute Gasteiger partial charge is 0.306 e. The van der Waals surface area contributed by atoms with E-state index in [-0.39, 0.29) is 11.7 Å². The van der Waals surface area contributed by atoms with Crippen LogP contribution in [-0.2, 0) is 26.3 Å². The van der Waals surface area contributed by atoms with Gasteiger partial charge in [0.25, 0.3) is 0 Å². The fourth-order valence-electron chi connectivity index (χ4n) is 2.39. The molecule has 0 radical (unpaired) electrons. The molecule has 0 saturated carbocycles. The maximum atomic E-state index is 11.7. The molecular formula is C17H27NO5S. The lowest BCUT2D eigenvalue weighted by atomic mass is 10.2. The van der Waals surface area contributed by atoms with E-state index >= 15 is 0 Å². The van der Waals surface area contributed by atoms with Crippen molar-refractivity contribution in [3.63, 3.8) is 0 Å². The zero-order valence-corrected chi connectivity index (χ0v) is 15.3. The maximum absolute atomic E-state index is 11.7. The van der Waals surface area contributed by atoms with Crippen LogP contribution in [0.25, 0.3) is 0 Å². The Bertz CT molecular complexity index is 599. The van der Waals surface area contributed by atoms with E-state index in [1.165, 1.54) is 0 Å². The van der Waals surface area contributed by atoms with Crippen LogP contribution >= 0.6 is 0 Å². The van der Waals surface area contributed by atoms with E-state index in [0.29, 0.717) is 36.8 Å². The molecule has 136 valence electrons. The van der Waals surface area contributed by atoms with Crippen LogP contribution in [0.15, 0.2) is 30.3 Å². The van der Waals surface area contributed by atoms with Gasteiger partial charge in [0.2, 0.25) is 0 Å². The summed E-state index contributed by atoms with van der Waals surface area (Å²) in [5.74, 6) is -0.518. The number of esters is 1. The lowest BCUT2D eigenvalue weighted by molar-refractivity contribution is -0.890. The predicted molar refractivity (Wildman–Crippen MR) is 91.1 cm³/mol. The molecule has 0 heterocycles. The first-order valence-electron chi connectivity index (χ1n) is 8.13. The quantitative estimate of drug-likeness (QED) is 0.261. The molecule has 0 atom stereocenters. The molecule has 0 unspecified atom stereocenters. The minimum atomic E-state index is -4.12. The number of carbonyl (C=O) groups excluding carboxylic acids is 1. The number of hydrogen-bond acceptors (Lipinski definition) is 5. The number of carbonyl (C=O) groups is 1. The van der Waals surface area contributed by atoms with Crippen LogP contribution in [0.4, 0.5) is 0 Å². The van der Waals surface area contributed by atoms with Crippen molar-refractivity contribution in [3.05, 3.63) is 35.9 Å². The van der Waals surface area contributed by atoms with Crippen LogP contribution < -0.4 is 0 Å². The highest BCUT2D eigenvalue weighted by atomic mass is 32.2. The second kappa shape index (κ2) is 9.76. The number of rotatable bonds is 11. The van der Waals surface area contributed by atoms with Gasteiger partial charge in [0, 0.05) is 12.2 Å². The van der Waals surface area contributed by atoms with Gasteiger partial charge in [0.05, 0.1) is 43.7 Å². The first-order chi connectivity index (χ1) is 11.2. The molecule has 6 nitrogen and oxygen atoms in total. The Balaban J connectivity index is 2.16. The Morgan fingerprint density at radius 3 is 2.33 bits per heavy atom. The molecule has 24 heavy (non-hydrogen) atoms. The minimum absolute atomic E-state index is 0.212. The Kier molecular flexibility index (Phi) is 8.38. The summed E-state index contributed by atoms with van der Waals surface area (Å²) in [6, 6.07) is 9.55. The van der Waals surface area contributed by atoms with Crippen molar-refractivity contribution in [1.82, 2.24) is 0 Å². The topological polar surface area (TPSA) is 83.5 Å². The van der Waals surface area contributed by atoms with Gasteiger partial charge in [-0.1, -0.05) is 30.3 Å². The molecule has 7 heteroatoms. The van der Waals surface area contributed by atoms with Gasteiger partial charge in [-0.05, 0) is 18.4 Å². The van der Waals surface area contributed by atoms with Crippen LogP contribution in [0.3, 0.4) is 0 Å². The molecular weight excluding hydrogens is 330 g/mol. The number of unbranched alkanes of at least 4 members (excludes halogenated alkanes) is 1. The van der Waals surface area contributed by atoms with Crippen LogP contribution in [-0.4, -0.2) is 56.4 Å². The number of hydrogen-bond donors (Lipinski definition) is 0. The van der Waals surface area contributed by atoms with Crippen LogP contribution in [0.5, 0.6) is 0 Å². The average molecular weight is 357 g/mol. The SMILES string of the molecule is C[N+](C)(CCCCS(=O)(=O)[O-])CCCC(=O)OCc1ccccc1.